The first-order valence-corrected chi connectivity index (χ1v) is 9.94. The minimum absolute atomic E-state index is 0.0996. The maximum Gasteiger partial charge on any atom is 0.330 e. The second kappa shape index (κ2) is 9.67. The average molecular weight is 400 g/mol. The van der Waals surface area contributed by atoms with Crippen LogP contribution < -0.4 is 17.0 Å². The summed E-state index contributed by atoms with van der Waals surface area (Å²) in [5.74, 6) is -0.465. The van der Waals surface area contributed by atoms with Gasteiger partial charge in [0.2, 0.25) is 0 Å². The highest BCUT2D eigenvalue weighted by molar-refractivity contribution is 6.01. The molecule has 29 heavy (non-hydrogen) atoms. The van der Waals surface area contributed by atoms with E-state index in [-0.39, 0.29) is 42.9 Å². The summed E-state index contributed by atoms with van der Waals surface area (Å²) >= 11 is 0. The van der Waals surface area contributed by atoms with Gasteiger partial charge in [0.15, 0.2) is 5.78 Å². The summed E-state index contributed by atoms with van der Waals surface area (Å²) in [4.78, 5) is 41.7. The molecular formula is C21H28N4O4. The molecule has 0 radical (unpaired) electrons. The third-order valence-corrected chi connectivity index (χ3v) is 5.45. The number of piperidine rings is 1. The van der Waals surface area contributed by atoms with Crippen LogP contribution in [0.15, 0.2) is 39.9 Å². The molecule has 3 rings (SSSR count). The molecule has 0 aliphatic carbocycles. The zero-order chi connectivity index (χ0) is 20.8. The lowest BCUT2D eigenvalue weighted by atomic mass is 9.95. The minimum Gasteiger partial charge on any atom is -0.384 e. The molecule has 2 aromatic rings. The number of ketones is 1. The maximum atomic E-state index is 13.0. The maximum absolute atomic E-state index is 13.0. The molecule has 1 aliphatic rings. The Labute approximate surface area is 169 Å². The van der Waals surface area contributed by atoms with Gasteiger partial charge in [-0.3, -0.25) is 24.0 Å². The summed E-state index contributed by atoms with van der Waals surface area (Å²) < 4.78 is 6.15. The second-order valence-electron chi connectivity index (χ2n) is 7.40. The number of Topliss-reactive ketones (excluding diaryl/α,β-unsaturated/α-hetero) is 1. The normalized spacial score (nSPS) is 17.3. The number of benzene rings is 1. The number of carbonyl (C=O) groups is 1. The van der Waals surface area contributed by atoms with Crippen molar-refractivity contribution in [3.8, 4) is 0 Å². The third kappa shape index (κ3) is 5.02. The number of anilines is 1. The largest absolute Gasteiger partial charge is 0.384 e. The Hall–Kier alpha value is -2.71. The number of nitrogens with one attached hydrogen (secondary N) is 1. The highest BCUT2D eigenvalue weighted by Crippen LogP contribution is 2.21. The van der Waals surface area contributed by atoms with E-state index in [4.69, 9.17) is 10.5 Å². The van der Waals surface area contributed by atoms with Crippen molar-refractivity contribution >= 4 is 11.6 Å². The topological polar surface area (TPSA) is 110 Å². The molecule has 1 fully saturated rings. The van der Waals surface area contributed by atoms with Gasteiger partial charge in [-0.05, 0) is 31.4 Å². The summed E-state index contributed by atoms with van der Waals surface area (Å²) in [7, 11) is 1.50. The smallest absolute Gasteiger partial charge is 0.330 e. The molecule has 1 unspecified atom stereocenters. The van der Waals surface area contributed by atoms with Gasteiger partial charge in [-0.2, -0.15) is 0 Å². The van der Waals surface area contributed by atoms with Crippen LogP contribution >= 0.6 is 0 Å². The fourth-order valence-electron chi connectivity index (χ4n) is 3.91. The second-order valence-corrected chi connectivity index (χ2v) is 7.40. The van der Waals surface area contributed by atoms with Crippen LogP contribution in [0, 0.1) is 0 Å². The summed E-state index contributed by atoms with van der Waals surface area (Å²) in [6.07, 6.45) is 3.99. The van der Waals surface area contributed by atoms with E-state index in [1.54, 1.807) is 0 Å². The minimum atomic E-state index is -0.734. The number of likely N-dealkylation sites (tertiary alicyclic amines) is 1. The molecule has 0 amide bonds. The highest BCUT2D eigenvalue weighted by atomic mass is 16.5. The predicted molar refractivity (Wildman–Crippen MR) is 111 cm³/mol. The number of hydrogen-bond donors (Lipinski definition) is 2. The summed E-state index contributed by atoms with van der Waals surface area (Å²) in [6, 6.07) is 10.4. The van der Waals surface area contributed by atoms with E-state index < -0.39 is 11.2 Å². The van der Waals surface area contributed by atoms with Crippen molar-refractivity contribution in [3.05, 3.63) is 62.3 Å². The van der Waals surface area contributed by atoms with Gasteiger partial charge in [-0.1, -0.05) is 36.8 Å². The van der Waals surface area contributed by atoms with E-state index in [9.17, 15) is 14.4 Å². The Morgan fingerprint density at radius 3 is 2.72 bits per heavy atom. The Morgan fingerprint density at radius 2 is 2.00 bits per heavy atom. The molecule has 8 heteroatoms. The first-order chi connectivity index (χ1) is 14.0. The Kier molecular flexibility index (Phi) is 7.00. The van der Waals surface area contributed by atoms with E-state index in [1.807, 2.05) is 18.2 Å². The van der Waals surface area contributed by atoms with Crippen LogP contribution in [0.25, 0.3) is 0 Å². The zero-order valence-electron chi connectivity index (χ0n) is 16.7. The van der Waals surface area contributed by atoms with Gasteiger partial charge in [-0.25, -0.2) is 4.79 Å². The number of aromatic amines is 1. The molecule has 0 saturated carbocycles. The van der Waals surface area contributed by atoms with Crippen LogP contribution in [-0.2, 0) is 17.7 Å². The van der Waals surface area contributed by atoms with Crippen LogP contribution in [0.5, 0.6) is 0 Å². The van der Waals surface area contributed by atoms with Crippen molar-refractivity contribution in [3.63, 3.8) is 0 Å². The SMILES string of the molecule is COCCn1c(N)c(C(=O)CN2CCCCC2Cc2ccccc2)c(=O)[nH]c1=O. The van der Waals surface area contributed by atoms with Crippen molar-refractivity contribution in [1.82, 2.24) is 14.5 Å². The molecule has 0 bridgehead atoms. The highest BCUT2D eigenvalue weighted by Gasteiger charge is 2.27. The van der Waals surface area contributed by atoms with Gasteiger partial charge < -0.3 is 10.5 Å². The molecule has 8 nitrogen and oxygen atoms in total. The Balaban J connectivity index is 1.81. The number of nitrogens with two attached hydrogens (primary N) is 1. The monoisotopic (exact) mass is 400 g/mol. The van der Waals surface area contributed by atoms with E-state index >= 15 is 0 Å². The lowest BCUT2D eigenvalue weighted by molar-refractivity contribution is 0.0841. The number of nitrogens with zero attached hydrogens (tertiary/aromatic N) is 2. The molecule has 1 atom stereocenters. The number of aromatic nitrogens is 2. The van der Waals surface area contributed by atoms with Crippen molar-refractivity contribution in [1.29, 1.82) is 0 Å². The molecule has 1 aliphatic heterocycles. The summed E-state index contributed by atoms with van der Waals surface area (Å²) in [6.45, 7) is 1.31. The molecule has 0 spiro atoms. The number of nitrogen functional groups attached to an aromatic ring is 1. The van der Waals surface area contributed by atoms with Gasteiger partial charge in [0, 0.05) is 13.2 Å². The lowest BCUT2D eigenvalue weighted by Crippen LogP contribution is -2.45. The number of ether oxygens (including phenoxy) is 1. The number of methoxy groups -OCH3 is 1. The number of H-pyrrole nitrogens is 1. The van der Waals surface area contributed by atoms with Crippen molar-refractivity contribution in [2.75, 3.05) is 32.5 Å². The van der Waals surface area contributed by atoms with E-state index in [1.165, 1.54) is 17.2 Å². The van der Waals surface area contributed by atoms with Crippen molar-refractivity contribution < 1.29 is 9.53 Å². The summed E-state index contributed by atoms with van der Waals surface area (Å²) in [5.41, 5.74) is 5.74. The van der Waals surface area contributed by atoms with Crippen molar-refractivity contribution in [2.24, 2.45) is 0 Å². The van der Waals surface area contributed by atoms with Crippen LogP contribution in [0.4, 0.5) is 5.82 Å². The standard InChI is InChI=1S/C21H28N4O4/c1-29-12-11-25-19(22)18(20(27)23-21(25)28)17(26)14-24-10-6-5-9-16(24)13-15-7-3-2-4-8-15/h2-4,7-8,16H,5-6,9-14,22H2,1H3,(H,23,27,28). The van der Waals surface area contributed by atoms with E-state index in [2.05, 4.69) is 22.0 Å². The van der Waals surface area contributed by atoms with Crippen LogP contribution in [0.3, 0.4) is 0 Å². The molecule has 3 N–H and O–H groups in total. The molecule has 156 valence electrons. The number of hydrogen-bond acceptors (Lipinski definition) is 6. The zero-order valence-corrected chi connectivity index (χ0v) is 16.7. The summed E-state index contributed by atoms with van der Waals surface area (Å²) in [5, 5.41) is 0. The van der Waals surface area contributed by atoms with Crippen LogP contribution in [-0.4, -0.2) is 53.1 Å². The lowest BCUT2D eigenvalue weighted by Gasteiger charge is -2.35. The van der Waals surface area contributed by atoms with E-state index in [0.717, 1.165) is 32.2 Å². The quantitative estimate of drug-likeness (QED) is 0.641. The first-order valence-electron chi connectivity index (χ1n) is 9.94. The van der Waals surface area contributed by atoms with Crippen LogP contribution in [0.2, 0.25) is 0 Å². The Bertz CT molecular complexity index is 951. The Morgan fingerprint density at radius 1 is 1.24 bits per heavy atom. The number of rotatable bonds is 8. The first kappa shape index (κ1) is 21.0. The molecule has 1 saturated heterocycles. The van der Waals surface area contributed by atoms with Gasteiger partial charge in [0.25, 0.3) is 5.56 Å². The average Bonchev–Trinajstić information content (AvgIpc) is 2.70. The van der Waals surface area contributed by atoms with Crippen molar-refractivity contribution in [2.45, 2.75) is 38.3 Å². The molecule has 2 heterocycles. The molecular weight excluding hydrogens is 372 g/mol. The van der Waals surface area contributed by atoms with Gasteiger partial charge >= 0.3 is 5.69 Å². The van der Waals surface area contributed by atoms with Gasteiger partial charge in [-0.15, -0.1) is 0 Å². The third-order valence-electron chi connectivity index (χ3n) is 5.45. The molecule has 1 aromatic carbocycles. The predicted octanol–water partition coefficient (Wildman–Crippen LogP) is 1.05. The van der Waals surface area contributed by atoms with E-state index in [0.29, 0.717) is 0 Å². The van der Waals surface area contributed by atoms with Gasteiger partial charge in [0.05, 0.1) is 19.7 Å². The van der Waals surface area contributed by atoms with Crippen LogP contribution in [0.1, 0.15) is 35.2 Å². The van der Waals surface area contributed by atoms with Gasteiger partial charge in [0.1, 0.15) is 11.4 Å². The molecule has 1 aromatic heterocycles. The number of carbonyl (C=O) groups excluding carboxylic acids is 1. The fraction of sp³-hybridized carbons (Fsp3) is 0.476. The fourth-order valence-corrected chi connectivity index (χ4v) is 3.91.